The molecule has 0 aliphatic carbocycles. The summed E-state index contributed by atoms with van der Waals surface area (Å²) in [5.74, 6) is 2.24. The highest BCUT2D eigenvalue weighted by Crippen LogP contribution is 2.27. The molecule has 2 aromatic rings. The van der Waals surface area contributed by atoms with E-state index < -0.39 is 0 Å². The van der Waals surface area contributed by atoms with Gasteiger partial charge in [0.25, 0.3) is 0 Å². The molecule has 0 aliphatic heterocycles. The number of guanidine groups is 1. The van der Waals surface area contributed by atoms with Gasteiger partial charge in [0, 0.05) is 13.1 Å². The van der Waals surface area contributed by atoms with Gasteiger partial charge in [0.15, 0.2) is 17.5 Å². The average molecular weight is 469 g/mol. The molecule has 0 spiro atoms. The molecule has 0 amide bonds. The molecule has 0 bridgehead atoms. The van der Waals surface area contributed by atoms with Gasteiger partial charge in [0.05, 0.1) is 20.8 Å². The fourth-order valence-electron chi connectivity index (χ4n) is 2.50. The first-order valence-electron chi connectivity index (χ1n) is 8.45. The van der Waals surface area contributed by atoms with Crippen LogP contribution in [0.25, 0.3) is 0 Å². The minimum atomic E-state index is 0. The largest absolute Gasteiger partial charge is 0.493 e. The predicted octanol–water partition coefficient (Wildman–Crippen LogP) is 3.89. The van der Waals surface area contributed by atoms with Crippen LogP contribution in [0, 0.1) is 6.92 Å². The van der Waals surface area contributed by atoms with Crippen molar-refractivity contribution in [3.05, 3.63) is 59.2 Å². The molecule has 6 heteroatoms. The number of nitrogens with one attached hydrogen (secondary N) is 2. The summed E-state index contributed by atoms with van der Waals surface area (Å²) in [6.07, 6.45) is 0. The van der Waals surface area contributed by atoms with E-state index in [0.717, 1.165) is 29.6 Å². The Morgan fingerprint density at radius 2 is 1.73 bits per heavy atom. The molecule has 142 valence electrons. The number of halogens is 1. The van der Waals surface area contributed by atoms with E-state index in [0.29, 0.717) is 13.1 Å². The number of aliphatic imine (C=N–C) groups is 1. The van der Waals surface area contributed by atoms with Gasteiger partial charge in [-0.3, -0.25) is 0 Å². The number of nitrogens with zero attached hydrogens (tertiary/aromatic N) is 1. The fraction of sp³-hybridized carbons (Fsp3) is 0.350. The van der Waals surface area contributed by atoms with E-state index in [4.69, 9.17) is 9.47 Å². The molecule has 0 fully saturated rings. The highest BCUT2D eigenvalue weighted by atomic mass is 127. The highest BCUT2D eigenvalue weighted by molar-refractivity contribution is 14.0. The van der Waals surface area contributed by atoms with Gasteiger partial charge in [-0.05, 0) is 37.1 Å². The number of hydrogen-bond donors (Lipinski definition) is 2. The van der Waals surface area contributed by atoms with Crippen molar-refractivity contribution < 1.29 is 9.47 Å². The zero-order chi connectivity index (χ0) is 18.1. The third-order valence-corrected chi connectivity index (χ3v) is 3.75. The molecule has 2 N–H and O–H groups in total. The molecule has 0 saturated carbocycles. The second kappa shape index (κ2) is 11.6. The lowest BCUT2D eigenvalue weighted by atomic mass is 10.1. The molecule has 0 radical (unpaired) electrons. The monoisotopic (exact) mass is 469 g/mol. The van der Waals surface area contributed by atoms with Crippen molar-refractivity contribution in [2.24, 2.45) is 4.99 Å². The number of aryl methyl sites for hydroxylation is 1. The summed E-state index contributed by atoms with van der Waals surface area (Å²) >= 11 is 0. The smallest absolute Gasteiger partial charge is 0.191 e. The lowest BCUT2D eigenvalue weighted by Crippen LogP contribution is -2.36. The van der Waals surface area contributed by atoms with Crippen LogP contribution in [0.4, 0.5) is 0 Å². The highest BCUT2D eigenvalue weighted by Gasteiger charge is 2.05. The molecular formula is C20H28IN3O2. The molecule has 2 aromatic carbocycles. The van der Waals surface area contributed by atoms with Crippen LogP contribution in [0.15, 0.2) is 47.5 Å². The molecule has 0 aromatic heterocycles. The average Bonchev–Trinajstić information content (AvgIpc) is 2.63. The summed E-state index contributed by atoms with van der Waals surface area (Å²) in [5.41, 5.74) is 3.54. The second-order valence-electron chi connectivity index (χ2n) is 5.73. The van der Waals surface area contributed by atoms with Crippen molar-refractivity contribution in [3.8, 4) is 11.5 Å². The van der Waals surface area contributed by atoms with Crippen LogP contribution in [0.1, 0.15) is 23.6 Å². The van der Waals surface area contributed by atoms with Crippen LogP contribution in [0.5, 0.6) is 11.5 Å². The molecule has 0 aliphatic rings. The Labute approximate surface area is 173 Å². The Hall–Kier alpha value is -1.96. The van der Waals surface area contributed by atoms with Gasteiger partial charge in [-0.1, -0.05) is 35.9 Å². The number of benzene rings is 2. The quantitative estimate of drug-likeness (QED) is 0.367. The third kappa shape index (κ3) is 6.74. The fourth-order valence-corrected chi connectivity index (χ4v) is 2.50. The molecule has 0 atom stereocenters. The van der Waals surface area contributed by atoms with E-state index in [2.05, 4.69) is 53.7 Å². The third-order valence-electron chi connectivity index (χ3n) is 3.75. The zero-order valence-electron chi connectivity index (χ0n) is 15.8. The summed E-state index contributed by atoms with van der Waals surface area (Å²) in [5, 5.41) is 6.62. The van der Waals surface area contributed by atoms with Crippen LogP contribution in [-0.4, -0.2) is 26.7 Å². The maximum absolute atomic E-state index is 5.35. The molecule has 0 saturated heterocycles. The minimum absolute atomic E-state index is 0. The number of ether oxygens (including phenoxy) is 2. The lowest BCUT2D eigenvalue weighted by Gasteiger charge is -2.13. The lowest BCUT2D eigenvalue weighted by molar-refractivity contribution is 0.354. The first kappa shape index (κ1) is 22.1. The molecule has 0 unspecified atom stereocenters. The van der Waals surface area contributed by atoms with Crippen molar-refractivity contribution in [2.75, 3.05) is 20.8 Å². The van der Waals surface area contributed by atoms with Gasteiger partial charge in [-0.25, -0.2) is 4.99 Å². The standard InChI is InChI=1S/C20H27N3O2.HI/c1-5-21-20(22-13-16-8-6-7-15(2)11-16)23-14-17-9-10-18(24-3)19(12-17)25-4;/h6-12H,5,13-14H2,1-4H3,(H2,21,22,23);1H. The Bertz CT molecular complexity index is 720. The maximum Gasteiger partial charge on any atom is 0.191 e. The summed E-state index contributed by atoms with van der Waals surface area (Å²) < 4.78 is 10.6. The Balaban J connectivity index is 0.00000338. The van der Waals surface area contributed by atoms with Gasteiger partial charge < -0.3 is 20.1 Å². The Morgan fingerprint density at radius 1 is 0.962 bits per heavy atom. The molecule has 5 nitrogen and oxygen atoms in total. The van der Waals surface area contributed by atoms with Gasteiger partial charge in [-0.2, -0.15) is 0 Å². The normalized spacial score (nSPS) is 10.7. The summed E-state index contributed by atoms with van der Waals surface area (Å²) in [6.45, 7) is 6.25. The zero-order valence-corrected chi connectivity index (χ0v) is 18.2. The molecule has 2 rings (SSSR count). The van der Waals surface area contributed by atoms with Crippen molar-refractivity contribution in [2.45, 2.75) is 26.9 Å². The topological polar surface area (TPSA) is 54.9 Å². The van der Waals surface area contributed by atoms with Crippen LogP contribution in [-0.2, 0) is 13.1 Å². The van der Waals surface area contributed by atoms with E-state index >= 15 is 0 Å². The van der Waals surface area contributed by atoms with Crippen molar-refractivity contribution >= 4 is 29.9 Å². The second-order valence-corrected chi connectivity index (χ2v) is 5.73. The molecular weight excluding hydrogens is 441 g/mol. The summed E-state index contributed by atoms with van der Waals surface area (Å²) in [7, 11) is 3.28. The van der Waals surface area contributed by atoms with Crippen LogP contribution in [0.2, 0.25) is 0 Å². The predicted molar refractivity (Wildman–Crippen MR) is 118 cm³/mol. The number of rotatable bonds is 7. The number of hydrogen-bond acceptors (Lipinski definition) is 3. The van der Waals surface area contributed by atoms with Gasteiger partial charge >= 0.3 is 0 Å². The van der Waals surface area contributed by atoms with Gasteiger partial charge in [0.1, 0.15) is 0 Å². The minimum Gasteiger partial charge on any atom is -0.493 e. The first-order valence-corrected chi connectivity index (χ1v) is 8.45. The van der Waals surface area contributed by atoms with Crippen LogP contribution in [0.3, 0.4) is 0 Å². The van der Waals surface area contributed by atoms with E-state index in [1.807, 2.05) is 18.2 Å². The van der Waals surface area contributed by atoms with E-state index in [1.54, 1.807) is 14.2 Å². The molecule has 0 heterocycles. The van der Waals surface area contributed by atoms with Crippen molar-refractivity contribution in [1.82, 2.24) is 10.6 Å². The Morgan fingerprint density at radius 3 is 2.38 bits per heavy atom. The van der Waals surface area contributed by atoms with E-state index in [9.17, 15) is 0 Å². The molecule has 26 heavy (non-hydrogen) atoms. The van der Waals surface area contributed by atoms with Gasteiger partial charge in [-0.15, -0.1) is 24.0 Å². The maximum atomic E-state index is 5.35. The Kier molecular flexibility index (Phi) is 9.87. The summed E-state index contributed by atoms with van der Waals surface area (Å²) in [6, 6.07) is 14.3. The SMILES string of the molecule is CCNC(=NCc1cccc(C)c1)NCc1ccc(OC)c(OC)c1.I. The van der Waals surface area contributed by atoms with E-state index in [-0.39, 0.29) is 24.0 Å². The first-order chi connectivity index (χ1) is 12.2. The van der Waals surface area contributed by atoms with Gasteiger partial charge in [0.2, 0.25) is 0 Å². The summed E-state index contributed by atoms with van der Waals surface area (Å²) in [4.78, 5) is 4.65. The van der Waals surface area contributed by atoms with Crippen LogP contribution >= 0.6 is 24.0 Å². The van der Waals surface area contributed by atoms with Crippen molar-refractivity contribution in [3.63, 3.8) is 0 Å². The van der Waals surface area contributed by atoms with E-state index in [1.165, 1.54) is 11.1 Å². The number of methoxy groups -OCH3 is 2. The van der Waals surface area contributed by atoms with Crippen molar-refractivity contribution in [1.29, 1.82) is 0 Å². The van der Waals surface area contributed by atoms with Crippen LogP contribution < -0.4 is 20.1 Å².